The first kappa shape index (κ1) is 14.8. The molecule has 0 saturated carbocycles. The molecule has 1 aromatic rings. The number of fused-ring (bicyclic) bond motifs is 1. The molecule has 0 saturated heterocycles. The number of pyridine rings is 1. The number of nitrogens with one attached hydrogen (secondary N) is 2. The highest BCUT2D eigenvalue weighted by atomic mass is 16.3. The van der Waals surface area contributed by atoms with E-state index in [1.165, 1.54) is 23.2 Å². The van der Waals surface area contributed by atoms with Crippen LogP contribution in [-0.2, 0) is 19.3 Å². The number of nitriles is 1. The van der Waals surface area contributed by atoms with Crippen LogP contribution in [-0.4, -0.2) is 17.8 Å². The Labute approximate surface area is 120 Å². The Morgan fingerprint density at radius 3 is 2.55 bits per heavy atom. The lowest BCUT2D eigenvalue weighted by Crippen LogP contribution is -2.31. The van der Waals surface area contributed by atoms with Crippen molar-refractivity contribution in [2.75, 3.05) is 11.9 Å². The summed E-state index contributed by atoms with van der Waals surface area (Å²) in [5, 5.41) is 22.2. The van der Waals surface area contributed by atoms with Crippen LogP contribution in [0.5, 0.6) is 0 Å². The van der Waals surface area contributed by atoms with Crippen molar-refractivity contribution in [2.24, 2.45) is 0 Å². The van der Waals surface area contributed by atoms with E-state index in [0.717, 1.165) is 43.5 Å². The van der Waals surface area contributed by atoms with Crippen LogP contribution in [0, 0.1) is 11.3 Å². The molecule has 1 heterocycles. The Kier molecular flexibility index (Phi) is 4.97. The fraction of sp³-hybridized carbons (Fsp3) is 0.625. The third-order valence-corrected chi connectivity index (χ3v) is 4.19. The fourth-order valence-corrected chi connectivity index (χ4v) is 2.97. The number of H-pyrrole nitrogens is 1. The van der Waals surface area contributed by atoms with Crippen LogP contribution in [0.3, 0.4) is 0 Å². The highest BCUT2D eigenvalue weighted by Gasteiger charge is 2.26. The summed E-state index contributed by atoms with van der Waals surface area (Å²) >= 11 is 0. The average Bonchev–Trinajstić information content (AvgIpc) is 2.51. The van der Waals surface area contributed by atoms with E-state index < -0.39 is 0 Å². The third-order valence-electron chi connectivity index (χ3n) is 4.19. The van der Waals surface area contributed by atoms with E-state index in [-0.39, 0.29) is 12.6 Å². The van der Waals surface area contributed by atoms with E-state index in [1.807, 2.05) is 6.92 Å². The van der Waals surface area contributed by atoms with Crippen molar-refractivity contribution in [2.45, 2.75) is 58.4 Å². The number of nitrogens with zero attached hydrogens (tertiary/aromatic N) is 1. The first-order valence-corrected chi connectivity index (χ1v) is 7.62. The lowest BCUT2D eigenvalue weighted by Gasteiger charge is -2.20. The van der Waals surface area contributed by atoms with Crippen LogP contribution in [0.25, 0.3) is 0 Å². The molecule has 1 aliphatic carbocycles. The zero-order valence-corrected chi connectivity index (χ0v) is 12.4. The largest absolute Gasteiger partial charge is 0.392 e. The van der Waals surface area contributed by atoms with Gasteiger partial charge in [0, 0.05) is 6.42 Å². The van der Waals surface area contributed by atoms with Crippen LogP contribution in [0.4, 0.5) is 5.82 Å². The SMILES string of the molecule is CCc1[nH+]c(N[C@H](CC)CO)c(C#N)c2c1CCCC2. The topological polar surface area (TPSA) is 70.2 Å². The highest BCUT2D eigenvalue weighted by Crippen LogP contribution is 2.28. The Morgan fingerprint density at radius 1 is 1.30 bits per heavy atom. The summed E-state index contributed by atoms with van der Waals surface area (Å²) in [5.74, 6) is 0.783. The molecule has 20 heavy (non-hydrogen) atoms. The molecule has 1 atom stereocenters. The predicted molar refractivity (Wildman–Crippen MR) is 78.5 cm³/mol. The third kappa shape index (κ3) is 2.78. The van der Waals surface area contributed by atoms with Crippen molar-refractivity contribution in [1.29, 1.82) is 5.26 Å². The number of aliphatic hydroxyl groups is 1. The first-order valence-electron chi connectivity index (χ1n) is 7.62. The second-order valence-electron chi connectivity index (χ2n) is 5.42. The van der Waals surface area contributed by atoms with Crippen molar-refractivity contribution in [3.8, 4) is 6.07 Å². The summed E-state index contributed by atoms with van der Waals surface area (Å²) in [6.07, 6.45) is 6.20. The van der Waals surface area contributed by atoms with Crippen molar-refractivity contribution in [3.05, 3.63) is 22.4 Å². The summed E-state index contributed by atoms with van der Waals surface area (Å²) < 4.78 is 0. The normalized spacial score (nSPS) is 15.3. The Morgan fingerprint density at radius 2 is 2.00 bits per heavy atom. The van der Waals surface area contributed by atoms with Crippen molar-refractivity contribution >= 4 is 5.82 Å². The maximum Gasteiger partial charge on any atom is 0.291 e. The Bertz CT molecular complexity index is 515. The van der Waals surface area contributed by atoms with Crippen LogP contribution >= 0.6 is 0 Å². The molecule has 0 aromatic carbocycles. The molecule has 4 heteroatoms. The summed E-state index contributed by atoms with van der Waals surface area (Å²) in [4.78, 5) is 3.40. The van der Waals surface area contributed by atoms with E-state index in [4.69, 9.17) is 0 Å². The van der Waals surface area contributed by atoms with E-state index >= 15 is 0 Å². The summed E-state index contributed by atoms with van der Waals surface area (Å²) in [6, 6.07) is 2.34. The number of aliphatic hydroxyl groups excluding tert-OH is 1. The number of aromatic amines is 1. The second kappa shape index (κ2) is 6.71. The molecule has 4 nitrogen and oxygen atoms in total. The van der Waals surface area contributed by atoms with Crippen LogP contribution in [0.1, 0.15) is 55.5 Å². The standard InChI is InChI=1S/C16H23N3O/c1-3-11(10-20)18-16-14(9-17)12-7-5-6-8-13(12)15(4-2)19-16/h11,20H,3-8,10H2,1-2H3,(H,18,19)/p+1/t11-/m1/s1. The van der Waals surface area contributed by atoms with Gasteiger partial charge in [-0.25, -0.2) is 4.98 Å². The van der Waals surface area contributed by atoms with Gasteiger partial charge in [-0.05, 0) is 43.2 Å². The van der Waals surface area contributed by atoms with Gasteiger partial charge < -0.3 is 5.11 Å². The van der Waals surface area contributed by atoms with Gasteiger partial charge in [-0.3, -0.25) is 5.32 Å². The van der Waals surface area contributed by atoms with Gasteiger partial charge in [-0.1, -0.05) is 13.8 Å². The van der Waals surface area contributed by atoms with Gasteiger partial charge in [0.2, 0.25) is 0 Å². The maximum absolute atomic E-state index is 9.52. The van der Waals surface area contributed by atoms with Crippen LogP contribution in [0.15, 0.2) is 0 Å². The van der Waals surface area contributed by atoms with Gasteiger partial charge in [-0.2, -0.15) is 5.26 Å². The summed E-state index contributed by atoms with van der Waals surface area (Å²) in [6.45, 7) is 4.24. The summed E-state index contributed by atoms with van der Waals surface area (Å²) in [7, 11) is 0. The number of hydrogen-bond acceptors (Lipinski definition) is 3. The monoisotopic (exact) mass is 274 g/mol. The van der Waals surface area contributed by atoms with Crippen molar-refractivity contribution < 1.29 is 10.1 Å². The number of rotatable bonds is 5. The van der Waals surface area contributed by atoms with Gasteiger partial charge in [0.1, 0.15) is 23.4 Å². The van der Waals surface area contributed by atoms with Crippen molar-refractivity contribution in [3.63, 3.8) is 0 Å². The molecule has 1 aliphatic rings. The molecule has 0 radical (unpaired) electrons. The number of aromatic nitrogens is 1. The lowest BCUT2D eigenvalue weighted by molar-refractivity contribution is -0.375. The minimum Gasteiger partial charge on any atom is -0.392 e. The predicted octanol–water partition coefficient (Wildman–Crippen LogP) is 2.00. The lowest BCUT2D eigenvalue weighted by atomic mass is 9.87. The molecule has 3 N–H and O–H groups in total. The quantitative estimate of drug-likeness (QED) is 0.862. The van der Waals surface area contributed by atoms with Crippen molar-refractivity contribution in [1.82, 2.24) is 0 Å². The van der Waals surface area contributed by atoms with E-state index in [0.29, 0.717) is 0 Å². The molecule has 108 valence electrons. The molecule has 0 spiro atoms. The van der Waals surface area contributed by atoms with Gasteiger partial charge in [0.05, 0.1) is 6.61 Å². The molecule has 1 aromatic heterocycles. The zero-order chi connectivity index (χ0) is 14.5. The first-order chi connectivity index (χ1) is 9.74. The van der Waals surface area contributed by atoms with E-state index in [9.17, 15) is 10.4 Å². The second-order valence-corrected chi connectivity index (χ2v) is 5.42. The number of aryl methyl sites for hydroxylation is 1. The maximum atomic E-state index is 9.52. The van der Waals surface area contributed by atoms with E-state index in [2.05, 4.69) is 23.3 Å². The Balaban J connectivity index is 2.48. The minimum absolute atomic E-state index is 0.00954. The molecular formula is C16H24N3O+. The molecule has 0 bridgehead atoms. The average molecular weight is 274 g/mol. The molecule has 2 rings (SSSR count). The number of hydrogen-bond donors (Lipinski definition) is 2. The highest BCUT2D eigenvalue weighted by molar-refractivity contribution is 5.56. The van der Waals surface area contributed by atoms with Gasteiger partial charge in [-0.15, -0.1) is 0 Å². The molecule has 0 unspecified atom stereocenters. The molecular weight excluding hydrogens is 250 g/mol. The molecule has 0 amide bonds. The van der Waals surface area contributed by atoms with E-state index in [1.54, 1.807) is 0 Å². The van der Waals surface area contributed by atoms with Gasteiger partial charge in [0.25, 0.3) is 5.82 Å². The summed E-state index contributed by atoms with van der Waals surface area (Å²) in [5.41, 5.74) is 4.53. The molecule has 0 aliphatic heterocycles. The van der Waals surface area contributed by atoms with Gasteiger partial charge >= 0.3 is 0 Å². The van der Waals surface area contributed by atoms with Crippen LogP contribution < -0.4 is 10.3 Å². The zero-order valence-electron chi connectivity index (χ0n) is 12.4. The fourth-order valence-electron chi connectivity index (χ4n) is 2.97. The molecule has 0 fully saturated rings. The van der Waals surface area contributed by atoms with Gasteiger partial charge in [0.15, 0.2) is 0 Å². The number of anilines is 1. The van der Waals surface area contributed by atoms with Crippen LogP contribution in [0.2, 0.25) is 0 Å². The Hall–Kier alpha value is -1.60. The smallest absolute Gasteiger partial charge is 0.291 e. The minimum atomic E-state index is -0.00954.